The van der Waals surface area contributed by atoms with Crippen molar-refractivity contribution >= 4 is 11.5 Å². The summed E-state index contributed by atoms with van der Waals surface area (Å²) in [4.78, 5) is 10.7. The highest BCUT2D eigenvalue weighted by Gasteiger charge is 2.43. The van der Waals surface area contributed by atoms with Gasteiger partial charge in [0.2, 0.25) is 0 Å². The third-order valence-corrected chi connectivity index (χ3v) is 5.20. The van der Waals surface area contributed by atoms with Gasteiger partial charge in [0, 0.05) is 48.8 Å². The summed E-state index contributed by atoms with van der Waals surface area (Å²) in [6.07, 6.45) is -1.90. The number of ether oxygens (including phenoxy) is 1. The molecule has 3 heterocycles. The number of rotatable bonds is 8. The second-order valence-electron chi connectivity index (χ2n) is 7.64. The molecule has 33 heavy (non-hydrogen) atoms. The molecule has 1 fully saturated rings. The molecule has 0 saturated carbocycles. The molecule has 3 aromatic rings. The van der Waals surface area contributed by atoms with Crippen molar-refractivity contribution in [1.29, 1.82) is 0 Å². The fourth-order valence-corrected chi connectivity index (χ4v) is 3.60. The largest absolute Gasteiger partial charge is 0.461 e. The lowest BCUT2D eigenvalue weighted by Gasteiger charge is -2.21. The highest BCUT2D eigenvalue weighted by molar-refractivity contribution is 5.76. The monoisotopic (exact) mass is 464 g/mol. The highest BCUT2D eigenvalue weighted by atomic mass is 19.3. The normalized spacial score (nSPS) is 14.1. The molecule has 0 aliphatic carbocycles. The first-order valence-electron chi connectivity index (χ1n) is 10.4. The number of pyridine rings is 2. The second-order valence-corrected chi connectivity index (χ2v) is 7.64. The first-order chi connectivity index (χ1) is 15.8. The molecule has 0 spiro atoms. The topological polar surface area (TPSA) is 50.3 Å². The van der Waals surface area contributed by atoms with E-state index in [1.165, 1.54) is 30.3 Å². The molecular formula is C23H21F5N4O. The third-order valence-electron chi connectivity index (χ3n) is 5.20. The van der Waals surface area contributed by atoms with Gasteiger partial charge in [-0.2, -0.15) is 17.6 Å². The minimum Gasteiger partial charge on any atom is -0.428 e. The van der Waals surface area contributed by atoms with E-state index in [4.69, 9.17) is 0 Å². The van der Waals surface area contributed by atoms with Crippen LogP contribution in [0.25, 0.3) is 11.1 Å². The van der Waals surface area contributed by atoms with E-state index in [2.05, 4.69) is 24.9 Å². The van der Waals surface area contributed by atoms with Crippen molar-refractivity contribution in [1.82, 2.24) is 9.97 Å². The quantitative estimate of drug-likeness (QED) is 0.432. The predicted molar refractivity (Wildman–Crippen MR) is 114 cm³/mol. The third kappa shape index (κ3) is 5.50. The molecular weight excluding hydrogens is 443 g/mol. The van der Waals surface area contributed by atoms with E-state index in [1.54, 1.807) is 12.4 Å². The molecule has 1 aromatic carbocycles. The van der Waals surface area contributed by atoms with Crippen LogP contribution in [-0.4, -0.2) is 35.6 Å². The highest BCUT2D eigenvalue weighted by Crippen LogP contribution is 2.32. The number of anilines is 2. The number of benzene rings is 1. The Morgan fingerprint density at radius 2 is 1.76 bits per heavy atom. The number of aromatic nitrogens is 2. The van der Waals surface area contributed by atoms with Crippen LogP contribution in [0.4, 0.5) is 33.5 Å². The van der Waals surface area contributed by atoms with Gasteiger partial charge in [0.15, 0.2) is 0 Å². The first-order valence-corrected chi connectivity index (χ1v) is 10.4. The van der Waals surface area contributed by atoms with Crippen LogP contribution >= 0.6 is 0 Å². The molecule has 1 aliphatic rings. The van der Waals surface area contributed by atoms with Crippen LogP contribution in [0.15, 0.2) is 55.0 Å². The smallest absolute Gasteiger partial charge is 0.428 e. The van der Waals surface area contributed by atoms with Crippen LogP contribution in [0.3, 0.4) is 0 Å². The van der Waals surface area contributed by atoms with Gasteiger partial charge in [0.25, 0.3) is 0 Å². The van der Waals surface area contributed by atoms with Gasteiger partial charge in [0.05, 0.1) is 6.20 Å². The van der Waals surface area contributed by atoms with Crippen molar-refractivity contribution in [3.05, 3.63) is 66.4 Å². The lowest BCUT2D eigenvalue weighted by Crippen LogP contribution is -2.33. The summed E-state index contributed by atoms with van der Waals surface area (Å²) < 4.78 is 68.4. The molecule has 174 valence electrons. The SMILES string of the molecule is Fc1cncc(-c2cc(CNc3ccc(OC(F)(F)C(F)F)cc3)cnc2N2CCCC2)c1. The standard InChI is InChI=1S/C23H21F5N4O/c24-17-10-16(13-29-14-17)20-9-15(12-31-21(20)32-7-1-2-8-32)11-30-18-3-5-19(6-4-18)33-23(27,28)22(25)26/h3-6,9-10,12-14,22,30H,1-2,7-8,11H2. The van der Waals surface area contributed by atoms with Crippen molar-refractivity contribution in [2.75, 3.05) is 23.3 Å². The predicted octanol–water partition coefficient (Wildman–Crippen LogP) is 5.73. The summed E-state index contributed by atoms with van der Waals surface area (Å²) in [5.41, 5.74) is 2.76. The van der Waals surface area contributed by atoms with Crippen molar-refractivity contribution < 1.29 is 26.7 Å². The van der Waals surface area contributed by atoms with Crippen molar-refractivity contribution in [3.8, 4) is 16.9 Å². The fourth-order valence-electron chi connectivity index (χ4n) is 3.60. The Morgan fingerprint density at radius 1 is 1.03 bits per heavy atom. The molecule has 0 bridgehead atoms. The van der Waals surface area contributed by atoms with Crippen molar-refractivity contribution in [3.63, 3.8) is 0 Å². The van der Waals surface area contributed by atoms with Crippen LogP contribution in [0.2, 0.25) is 0 Å². The van der Waals surface area contributed by atoms with Gasteiger partial charge in [-0.05, 0) is 54.8 Å². The van der Waals surface area contributed by atoms with Crippen LogP contribution in [0.1, 0.15) is 18.4 Å². The molecule has 0 radical (unpaired) electrons. The van der Waals surface area contributed by atoms with E-state index in [0.29, 0.717) is 17.8 Å². The Balaban J connectivity index is 1.50. The zero-order valence-corrected chi connectivity index (χ0v) is 17.4. The lowest BCUT2D eigenvalue weighted by atomic mass is 10.1. The molecule has 5 nitrogen and oxygen atoms in total. The van der Waals surface area contributed by atoms with Gasteiger partial charge in [-0.25, -0.2) is 9.37 Å². The molecule has 10 heteroatoms. The first kappa shape index (κ1) is 22.8. The summed E-state index contributed by atoms with van der Waals surface area (Å²) in [5, 5.41) is 3.12. The number of nitrogens with zero attached hydrogens (tertiary/aromatic N) is 3. The Bertz CT molecular complexity index is 1090. The van der Waals surface area contributed by atoms with Crippen LogP contribution in [0, 0.1) is 5.82 Å². The Labute approximate surface area is 187 Å². The van der Waals surface area contributed by atoms with Crippen LogP contribution < -0.4 is 15.0 Å². The van der Waals surface area contributed by atoms with E-state index in [0.717, 1.165) is 49.1 Å². The van der Waals surface area contributed by atoms with Gasteiger partial charge in [-0.1, -0.05) is 0 Å². The fraction of sp³-hybridized carbons (Fsp3) is 0.304. The van der Waals surface area contributed by atoms with Crippen molar-refractivity contribution in [2.45, 2.75) is 31.9 Å². The summed E-state index contributed by atoms with van der Waals surface area (Å²) in [5.74, 6) is -0.0448. The van der Waals surface area contributed by atoms with Gasteiger partial charge in [-0.3, -0.25) is 4.98 Å². The molecule has 1 saturated heterocycles. The zero-order chi connectivity index (χ0) is 23.4. The lowest BCUT2D eigenvalue weighted by molar-refractivity contribution is -0.253. The van der Waals surface area contributed by atoms with E-state index >= 15 is 0 Å². The number of nitrogens with one attached hydrogen (secondary N) is 1. The molecule has 1 aliphatic heterocycles. The minimum absolute atomic E-state index is 0.344. The van der Waals surface area contributed by atoms with Gasteiger partial charge >= 0.3 is 12.5 Å². The van der Waals surface area contributed by atoms with Gasteiger partial charge in [0.1, 0.15) is 17.4 Å². The van der Waals surface area contributed by atoms with Crippen molar-refractivity contribution in [2.24, 2.45) is 0 Å². The summed E-state index contributed by atoms with van der Waals surface area (Å²) in [6.45, 7) is 2.09. The maximum Gasteiger partial charge on any atom is 0.461 e. The van der Waals surface area contributed by atoms with Gasteiger partial charge in [-0.15, -0.1) is 0 Å². The van der Waals surface area contributed by atoms with E-state index in [9.17, 15) is 22.0 Å². The molecule has 2 aromatic heterocycles. The van der Waals surface area contributed by atoms with Crippen LogP contribution in [0.5, 0.6) is 5.75 Å². The number of alkyl halides is 4. The summed E-state index contributed by atoms with van der Waals surface area (Å²) in [7, 11) is 0. The summed E-state index contributed by atoms with van der Waals surface area (Å²) >= 11 is 0. The average Bonchev–Trinajstić information content (AvgIpc) is 3.33. The molecule has 0 amide bonds. The minimum atomic E-state index is -4.56. The maximum absolute atomic E-state index is 13.8. The number of hydrogen-bond acceptors (Lipinski definition) is 5. The number of halogens is 5. The van der Waals surface area contributed by atoms with E-state index in [1.807, 2.05) is 6.07 Å². The molecule has 1 N–H and O–H groups in total. The Kier molecular flexibility index (Phi) is 6.62. The van der Waals surface area contributed by atoms with Gasteiger partial charge < -0.3 is 15.0 Å². The second kappa shape index (κ2) is 9.60. The maximum atomic E-state index is 13.8. The Morgan fingerprint density at radius 3 is 2.42 bits per heavy atom. The zero-order valence-electron chi connectivity index (χ0n) is 17.4. The van der Waals surface area contributed by atoms with E-state index < -0.39 is 18.4 Å². The molecule has 0 unspecified atom stereocenters. The molecule has 0 atom stereocenters. The molecule has 4 rings (SSSR count). The van der Waals surface area contributed by atoms with Crippen LogP contribution in [-0.2, 0) is 6.54 Å². The summed E-state index contributed by atoms with van der Waals surface area (Å²) in [6, 6.07) is 8.56. The average molecular weight is 464 g/mol. The number of hydrogen-bond donors (Lipinski definition) is 1. The van der Waals surface area contributed by atoms with E-state index in [-0.39, 0.29) is 5.75 Å². The Hall–Kier alpha value is -3.43.